The van der Waals surface area contributed by atoms with Crippen LogP contribution in [0.3, 0.4) is 0 Å². The minimum absolute atomic E-state index is 0. The number of hydrogen-bond donors (Lipinski definition) is 0. The van der Waals surface area contributed by atoms with Gasteiger partial charge in [-0.05, 0) is 18.5 Å². The van der Waals surface area contributed by atoms with Crippen LogP contribution in [0, 0.1) is 0 Å². The topological polar surface area (TPSA) is 190 Å². The number of rotatable bonds is 0. The molecule has 0 heterocycles. The Hall–Kier alpha value is -0.713. The van der Waals surface area contributed by atoms with Crippen molar-refractivity contribution in [2.24, 2.45) is 0 Å². The summed E-state index contributed by atoms with van der Waals surface area (Å²) in [5, 5.41) is 50.0. The summed E-state index contributed by atoms with van der Waals surface area (Å²) in [5.41, 5.74) is 0. The van der Waals surface area contributed by atoms with Gasteiger partial charge in [-0.15, -0.1) is 0 Å². The van der Waals surface area contributed by atoms with Gasteiger partial charge in [0.15, 0.2) is 0 Å². The third-order valence-electron chi connectivity index (χ3n) is 0. The molecule has 0 aromatic heterocycles. The largest absolute Gasteiger partial charge is 4.00 e. The van der Waals surface area contributed by atoms with E-state index >= 15 is 0 Å². The maximum atomic E-state index is 8.33. The average molecular weight is 248 g/mol. The molecule has 14 heavy (non-hydrogen) atoms. The van der Waals surface area contributed by atoms with E-state index in [0.717, 1.165) is 0 Å². The first-order valence-electron chi connectivity index (χ1n) is 1.84. The Balaban J connectivity index is -0.0000000270. The molecular formula is C3CaO9Si. The van der Waals surface area contributed by atoms with Gasteiger partial charge in [0.25, 0.3) is 0 Å². The zero-order valence-electron chi connectivity index (χ0n) is 6.38. The molecule has 0 amide bonds. The predicted octanol–water partition coefficient (Wildman–Crippen LogP) is -8.10. The molecule has 0 aliphatic rings. The molecule has 0 atom stereocenters. The van der Waals surface area contributed by atoms with E-state index in [2.05, 4.69) is 0 Å². The van der Waals surface area contributed by atoms with E-state index in [-0.39, 0.29) is 48.7 Å². The van der Waals surface area contributed by atoms with E-state index in [0.29, 0.717) is 0 Å². The van der Waals surface area contributed by atoms with Crippen LogP contribution in [0.1, 0.15) is 0 Å². The van der Waals surface area contributed by atoms with Crippen molar-refractivity contribution in [3.63, 3.8) is 0 Å². The molecular weight excluding hydrogens is 248 g/mol. The van der Waals surface area contributed by atoms with Crippen molar-refractivity contribution >= 4 is 67.2 Å². The van der Waals surface area contributed by atoms with Gasteiger partial charge in [0.05, 0.1) is 0 Å². The number of carboxylic acid groups (broad SMARTS) is 6. The molecule has 0 bridgehead atoms. The Morgan fingerprint density at radius 3 is 0.571 bits per heavy atom. The maximum absolute atomic E-state index is 8.33. The van der Waals surface area contributed by atoms with Gasteiger partial charge in [0.2, 0.25) is 0 Å². The molecule has 0 spiro atoms. The third-order valence-corrected chi connectivity index (χ3v) is 0. The quantitative estimate of drug-likeness (QED) is 0.374. The van der Waals surface area contributed by atoms with Crippen LogP contribution in [0.15, 0.2) is 0 Å². The summed E-state index contributed by atoms with van der Waals surface area (Å²) < 4.78 is 0. The molecule has 0 N–H and O–H groups in total. The Labute approximate surface area is 112 Å². The van der Waals surface area contributed by atoms with Crippen molar-refractivity contribution in [1.29, 1.82) is 0 Å². The fourth-order valence-electron chi connectivity index (χ4n) is 0. The first-order chi connectivity index (χ1) is 5.20. The SMILES string of the molecule is O=C([O-])[O-].O=C([O-])[O-].O=C([O-])[O-].[Ca+2].[Si+4]. The van der Waals surface area contributed by atoms with Gasteiger partial charge in [-0.3, -0.25) is 0 Å². The number of carbonyl (C=O) groups is 3. The molecule has 9 nitrogen and oxygen atoms in total. The van der Waals surface area contributed by atoms with Crippen molar-refractivity contribution in [3.05, 3.63) is 0 Å². The second kappa shape index (κ2) is 22.8. The van der Waals surface area contributed by atoms with Crippen LogP contribution in [0.5, 0.6) is 0 Å². The van der Waals surface area contributed by atoms with E-state index in [1.165, 1.54) is 0 Å². The second-order valence-corrected chi connectivity index (χ2v) is 0.750. The van der Waals surface area contributed by atoms with Gasteiger partial charge < -0.3 is 45.0 Å². The minimum Gasteiger partial charge on any atom is -0.652 e. The van der Waals surface area contributed by atoms with Crippen LogP contribution in [0.4, 0.5) is 14.4 Å². The molecule has 0 unspecified atom stereocenters. The zero-order chi connectivity index (χ0) is 10.7. The minimum atomic E-state index is -2.33. The number of hydrogen-bond acceptors (Lipinski definition) is 9. The molecule has 0 fully saturated rings. The van der Waals surface area contributed by atoms with Crippen LogP contribution < -0.4 is 30.6 Å². The summed E-state index contributed by atoms with van der Waals surface area (Å²) >= 11 is 0. The first kappa shape index (κ1) is 29.2. The van der Waals surface area contributed by atoms with E-state index in [9.17, 15) is 0 Å². The molecule has 0 saturated heterocycles. The molecule has 0 aliphatic heterocycles. The van der Waals surface area contributed by atoms with Gasteiger partial charge in [-0.25, -0.2) is 0 Å². The van der Waals surface area contributed by atoms with Crippen molar-refractivity contribution in [2.75, 3.05) is 0 Å². The van der Waals surface area contributed by atoms with Crippen LogP contribution >= 0.6 is 0 Å². The third kappa shape index (κ3) is 2350. The molecule has 11 heteroatoms. The average Bonchev–Trinajstić information content (AvgIpc) is 1.54. The molecule has 0 aliphatic carbocycles. The van der Waals surface area contributed by atoms with Crippen LogP contribution in [-0.4, -0.2) is 67.2 Å². The summed E-state index contributed by atoms with van der Waals surface area (Å²) in [4.78, 5) is 25.0. The monoisotopic (exact) mass is 248 g/mol. The van der Waals surface area contributed by atoms with Crippen molar-refractivity contribution in [3.8, 4) is 0 Å². The molecule has 0 rings (SSSR count). The van der Waals surface area contributed by atoms with E-state index in [4.69, 9.17) is 45.0 Å². The Morgan fingerprint density at radius 1 is 0.571 bits per heavy atom. The van der Waals surface area contributed by atoms with Crippen molar-refractivity contribution in [1.82, 2.24) is 0 Å². The molecule has 0 aromatic rings. The standard InChI is InChI=1S/3CH2O3.Ca.Si/c3*2-1(3)4;;/h3*(H2,2,3,4);;/q;;;+2;+4/p-6. The Bertz CT molecular complexity index is 118. The van der Waals surface area contributed by atoms with Gasteiger partial charge >= 0.3 is 48.7 Å². The summed E-state index contributed by atoms with van der Waals surface area (Å²) in [6, 6.07) is 0. The van der Waals surface area contributed by atoms with Crippen LogP contribution in [0.25, 0.3) is 0 Å². The predicted molar refractivity (Wildman–Crippen MR) is 27.7 cm³/mol. The van der Waals surface area contributed by atoms with Gasteiger partial charge in [-0.2, -0.15) is 0 Å². The summed E-state index contributed by atoms with van der Waals surface area (Å²) in [6.07, 6.45) is -7.00. The molecule has 0 radical (unpaired) electrons. The van der Waals surface area contributed by atoms with Crippen molar-refractivity contribution < 1.29 is 45.0 Å². The smallest absolute Gasteiger partial charge is 0.652 e. The van der Waals surface area contributed by atoms with Gasteiger partial charge in [0.1, 0.15) is 0 Å². The molecule has 72 valence electrons. The Kier molecular flexibility index (Phi) is 47.6. The van der Waals surface area contributed by atoms with Crippen LogP contribution in [0.2, 0.25) is 0 Å². The molecule has 0 aromatic carbocycles. The zero-order valence-corrected chi connectivity index (χ0v) is 9.59. The van der Waals surface area contributed by atoms with Gasteiger partial charge in [-0.1, -0.05) is 0 Å². The van der Waals surface area contributed by atoms with E-state index in [1.54, 1.807) is 0 Å². The maximum Gasteiger partial charge on any atom is 4.00 e. The Morgan fingerprint density at radius 2 is 0.571 bits per heavy atom. The summed E-state index contributed by atoms with van der Waals surface area (Å²) in [6.45, 7) is 0. The fourth-order valence-corrected chi connectivity index (χ4v) is 0. The summed E-state index contributed by atoms with van der Waals surface area (Å²) in [7, 11) is 0. The molecule has 0 saturated carbocycles. The normalized spacial score (nSPS) is 5.14. The van der Waals surface area contributed by atoms with Crippen molar-refractivity contribution in [2.45, 2.75) is 0 Å². The van der Waals surface area contributed by atoms with E-state index in [1.807, 2.05) is 0 Å². The number of carbonyl (C=O) groups excluding carboxylic acids is 3. The second-order valence-electron chi connectivity index (χ2n) is 0.750. The van der Waals surface area contributed by atoms with E-state index < -0.39 is 18.5 Å². The first-order valence-corrected chi connectivity index (χ1v) is 1.84. The fraction of sp³-hybridized carbons (Fsp3) is 0. The van der Waals surface area contributed by atoms with Crippen LogP contribution in [-0.2, 0) is 0 Å². The van der Waals surface area contributed by atoms with Gasteiger partial charge in [0, 0.05) is 0 Å². The summed E-state index contributed by atoms with van der Waals surface area (Å²) in [5.74, 6) is 0.